The molecule has 0 radical (unpaired) electrons. The number of Topliss-reactive ketones (excluding diaryl/α,β-unsaturated/α-hetero) is 1. The number of ketones is 1. The van der Waals surface area contributed by atoms with Gasteiger partial charge in [0.2, 0.25) is 0 Å². The third kappa shape index (κ3) is 1.51. The zero-order valence-corrected chi connectivity index (χ0v) is 8.32. The first kappa shape index (κ1) is 9.16. The van der Waals surface area contributed by atoms with E-state index in [9.17, 15) is 4.79 Å². The van der Waals surface area contributed by atoms with E-state index in [0.717, 1.165) is 26.2 Å². The molecular formula is C10H17NO2. The monoisotopic (exact) mass is 183 g/mol. The van der Waals surface area contributed by atoms with Crippen molar-refractivity contribution in [3.63, 3.8) is 0 Å². The second kappa shape index (κ2) is 3.39. The molecule has 13 heavy (non-hydrogen) atoms. The van der Waals surface area contributed by atoms with Crippen LogP contribution >= 0.6 is 0 Å². The second-order valence-electron chi connectivity index (χ2n) is 4.28. The molecule has 0 saturated carbocycles. The number of hydrogen-bond donors (Lipinski definition) is 0. The molecule has 3 unspecified atom stereocenters. The Morgan fingerprint density at radius 1 is 1.54 bits per heavy atom. The Labute approximate surface area is 79.0 Å². The number of likely N-dealkylation sites (N-methyl/N-ethyl adjacent to an activating group) is 1. The minimum Gasteiger partial charge on any atom is -0.381 e. The number of nitrogens with zero attached hydrogens (tertiary/aromatic N) is 1. The average Bonchev–Trinajstić information content (AvgIpc) is 2.39. The molecule has 2 heterocycles. The Kier molecular flexibility index (Phi) is 2.39. The number of ether oxygens (including phenoxy) is 1. The van der Waals surface area contributed by atoms with E-state index in [-0.39, 0.29) is 6.04 Å². The first-order chi connectivity index (χ1) is 6.20. The molecule has 0 spiro atoms. The zero-order chi connectivity index (χ0) is 9.42. The van der Waals surface area contributed by atoms with Gasteiger partial charge in [-0.1, -0.05) is 0 Å². The SMILES string of the molecule is CC(=O)C1C2CCOCC2CN1C. The summed E-state index contributed by atoms with van der Waals surface area (Å²) in [7, 11) is 2.05. The molecule has 0 aromatic heterocycles. The fourth-order valence-electron chi connectivity index (χ4n) is 2.84. The summed E-state index contributed by atoms with van der Waals surface area (Å²) in [6.07, 6.45) is 1.05. The molecule has 3 nitrogen and oxygen atoms in total. The fraction of sp³-hybridized carbons (Fsp3) is 0.900. The fourth-order valence-corrected chi connectivity index (χ4v) is 2.84. The van der Waals surface area contributed by atoms with Crippen LogP contribution in [-0.2, 0) is 9.53 Å². The van der Waals surface area contributed by atoms with Crippen LogP contribution in [0.1, 0.15) is 13.3 Å². The van der Waals surface area contributed by atoms with Gasteiger partial charge in [0.15, 0.2) is 0 Å². The molecule has 0 N–H and O–H groups in total. The van der Waals surface area contributed by atoms with Gasteiger partial charge in [-0.2, -0.15) is 0 Å². The van der Waals surface area contributed by atoms with Crippen molar-refractivity contribution in [3.8, 4) is 0 Å². The summed E-state index contributed by atoms with van der Waals surface area (Å²) in [5, 5.41) is 0. The first-order valence-electron chi connectivity index (χ1n) is 4.98. The lowest BCUT2D eigenvalue weighted by atomic mass is 9.85. The Morgan fingerprint density at radius 2 is 2.31 bits per heavy atom. The van der Waals surface area contributed by atoms with E-state index in [0.29, 0.717) is 17.6 Å². The highest BCUT2D eigenvalue weighted by Gasteiger charge is 2.43. The van der Waals surface area contributed by atoms with Crippen LogP contribution in [0.2, 0.25) is 0 Å². The molecule has 0 aromatic carbocycles. The van der Waals surface area contributed by atoms with Gasteiger partial charge in [0.1, 0.15) is 5.78 Å². The molecular weight excluding hydrogens is 166 g/mol. The summed E-state index contributed by atoms with van der Waals surface area (Å²) in [5.74, 6) is 1.46. The molecule has 0 aromatic rings. The first-order valence-corrected chi connectivity index (χ1v) is 4.98. The number of likely N-dealkylation sites (tertiary alicyclic amines) is 1. The van der Waals surface area contributed by atoms with Crippen molar-refractivity contribution in [2.24, 2.45) is 11.8 Å². The number of carbonyl (C=O) groups is 1. The predicted octanol–water partition coefficient (Wildman–Crippen LogP) is 0.542. The van der Waals surface area contributed by atoms with Crippen LogP contribution in [0.25, 0.3) is 0 Å². The highest BCUT2D eigenvalue weighted by molar-refractivity contribution is 5.82. The topological polar surface area (TPSA) is 29.5 Å². The van der Waals surface area contributed by atoms with E-state index in [1.54, 1.807) is 6.92 Å². The number of hydrogen-bond acceptors (Lipinski definition) is 3. The lowest BCUT2D eigenvalue weighted by molar-refractivity contribution is -0.122. The number of rotatable bonds is 1. The third-order valence-electron chi connectivity index (χ3n) is 3.35. The van der Waals surface area contributed by atoms with Crippen LogP contribution in [0.3, 0.4) is 0 Å². The van der Waals surface area contributed by atoms with Crippen LogP contribution in [0.5, 0.6) is 0 Å². The smallest absolute Gasteiger partial charge is 0.147 e. The second-order valence-corrected chi connectivity index (χ2v) is 4.28. The highest BCUT2D eigenvalue weighted by Crippen LogP contribution is 2.34. The largest absolute Gasteiger partial charge is 0.381 e. The van der Waals surface area contributed by atoms with Crippen LogP contribution in [0.15, 0.2) is 0 Å². The van der Waals surface area contributed by atoms with E-state index in [4.69, 9.17) is 4.74 Å². The molecule has 2 aliphatic rings. The summed E-state index contributed by atoms with van der Waals surface area (Å²) in [4.78, 5) is 13.6. The van der Waals surface area contributed by atoms with Crippen LogP contribution in [0, 0.1) is 11.8 Å². The molecule has 0 aliphatic carbocycles. The minimum absolute atomic E-state index is 0.161. The summed E-state index contributed by atoms with van der Waals surface area (Å²) >= 11 is 0. The number of fused-ring (bicyclic) bond motifs is 1. The van der Waals surface area contributed by atoms with Crippen molar-refractivity contribution in [1.82, 2.24) is 4.90 Å². The van der Waals surface area contributed by atoms with Gasteiger partial charge in [-0.25, -0.2) is 0 Å². The maximum absolute atomic E-state index is 11.4. The Morgan fingerprint density at radius 3 is 3.00 bits per heavy atom. The Bertz CT molecular complexity index is 217. The van der Waals surface area contributed by atoms with E-state index < -0.39 is 0 Å². The van der Waals surface area contributed by atoms with Gasteiger partial charge in [-0.05, 0) is 32.2 Å². The Balaban J connectivity index is 2.13. The maximum Gasteiger partial charge on any atom is 0.147 e. The molecule has 0 amide bonds. The van der Waals surface area contributed by atoms with Gasteiger partial charge in [0.25, 0.3) is 0 Å². The quantitative estimate of drug-likeness (QED) is 0.594. The summed E-state index contributed by atoms with van der Waals surface area (Å²) in [6, 6.07) is 0.161. The molecule has 2 rings (SSSR count). The van der Waals surface area contributed by atoms with Crippen LogP contribution in [0.4, 0.5) is 0 Å². The van der Waals surface area contributed by atoms with Crippen molar-refractivity contribution >= 4 is 5.78 Å². The van der Waals surface area contributed by atoms with Gasteiger partial charge >= 0.3 is 0 Å². The molecule has 0 bridgehead atoms. The van der Waals surface area contributed by atoms with E-state index in [1.807, 2.05) is 7.05 Å². The standard InChI is InChI=1S/C10H17NO2/c1-7(12)10-9-3-4-13-6-8(9)5-11(10)2/h8-10H,3-6H2,1-2H3. The third-order valence-corrected chi connectivity index (χ3v) is 3.35. The molecule has 3 atom stereocenters. The van der Waals surface area contributed by atoms with Gasteiger partial charge < -0.3 is 4.74 Å². The van der Waals surface area contributed by atoms with E-state index >= 15 is 0 Å². The number of carbonyl (C=O) groups excluding carboxylic acids is 1. The Hall–Kier alpha value is -0.410. The van der Waals surface area contributed by atoms with Crippen LogP contribution in [-0.4, -0.2) is 43.5 Å². The van der Waals surface area contributed by atoms with Crippen molar-refractivity contribution in [2.75, 3.05) is 26.8 Å². The lowest BCUT2D eigenvalue weighted by Gasteiger charge is -2.27. The van der Waals surface area contributed by atoms with Gasteiger partial charge in [-0.3, -0.25) is 9.69 Å². The van der Waals surface area contributed by atoms with Crippen molar-refractivity contribution < 1.29 is 9.53 Å². The van der Waals surface area contributed by atoms with Crippen LogP contribution < -0.4 is 0 Å². The molecule has 2 aliphatic heterocycles. The molecule has 3 heteroatoms. The predicted molar refractivity (Wildman–Crippen MR) is 49.5 cm³/mol. The van der Waals surface area contributed by atoms with Crippen molar-refractivity contribution in [1.29, 1.82) is 0 Å². The highest BCUT2D eigenvalue weighted by atomic mass is 16.5. The lowest BCUT2D eigenvalue weighted by Crippen LogP contribution is -2.37. The summed E-state index contributed by atoms with van der Waals surface area (Å²) in [5.41, 5.74) is 0. The van der Waals surface area contributed by atoms with Gasteiger partial charge in [-0.15, -0.1) is 0 Å². The maximum atomic E-state index is 11.4. The van der Waals surface area contributed by atoms with Gasteiger partial charge in [0.05, 0.1) is 12.6 Å². The van der Waals surface area contributed by atoms with E-state index in [1.165, 1.54) is 0 Å². The minimum atomic E-state index is 0.161. The zero-order valence-electron chi connectivity index (χ0n) is 8.32. The van der Waals surface area contributed by atoms with E-state index in [2.05, 4.69) is 4.90 Å². The van der Waals surface area contributed by atoms with Crippen molar-refractivity contribution in [3.05, 3.63) is 0 Å². The summed E-state index contributed by atoms with van der Waals surface area (Å²) < 4.78 is 5.42. The summed E-state index contributed by atoms with van der Waals surface area (Å²) in [6.45, 7) is 4.41. The normalized spacial score (nSPS) is 40.3. The van der Waals surface area contributed by atoms with Gasteiger partial charge in [0, 0.05) is 13.2 Å². The molecule has 2 fully saturated rings. The average molecular weight is 183 g/mol. The van der Waals surface area contributed by atoms with Crippen molar-refractivity contribution in [2.45, 2.75) is 19.4 Å². The molecule has 74 valence electrons. The molecule has 2 saturated heterocycles.